The molecule has 1 aromatic carbocycles. The summed E-state index contributed by atoms with van der Waals surface area (Å²) in [6.45, 7) is 1.67. The number of nitrogens with two attached hydrogens (primary N) is 1. The molecule has 0 bridgehead atoms. The summed E-state index contributed by atoms with van der Waals surface area (Å²) >= 11 is 3.32. The summed E-state index contributed by atoms with van der Waals surface area (Å²) in [7, 11) is 0. The molecule has 1 aliphatic heterocycles. The number of thioether (sulfide) groups is 1. The lowest BCUT2D eigenvalue weighted by atomic mass is 10.2. The summed E-state index contributed by atoms with van der Waals surface area (Å²) in [5.74, 6) is 0.894. The molecule has 1 aromatic heterocycles. The molecule has 2 heterocycles. The third-order valence-electron chi connectivity index (χ3n) is 2.86. The number of hydrogen-bond donors (Lipinski definition) is 1. The van der Waals surface area contributed by atoms with Crippen molar-refractivity contribution in [1.82, 2.24) is 10.2 Å². The van der Waals surface area contributed by atoms with Crippen molar-refractivity contribution >= 4 is 33.9 Å². The molecule has 0 saturated heterocycles. The highest BCUT2D eigenvalue weighted by atomic mass is 32.2. The molecule has 0 aliphatic carbocycles. The van der Waals surface area contributed by atoms with Crippen LogP contribution >= 0.6 is 23.1 Å². The molecule has 18 heavy (non-hydrogen) atoms. The first-order valence-electron chi connectivity index (χ1n) is 5.90. The fraction of sp³-hybridized carbons (Fsp3) is 0.333. The van der Waals surface area contributed by atoms with E-state index in [9.17, 15) is 0 Å². The van der Waals surface area contributed by atoms with E-state index in [1.54, 1.807) is 23.1 Å². The van der Waals surface area contributed by atoms with E-state index >= 15 is 0 Å². The third kappa shape index (κ3) is 2.23. The molecule has 0 amide bonds. The molecule has 2 aromatic rings. The Hall–Kier alpha value is -1.11. The van der Waals surface area contributed by atoms with E-state index in [2.05, 4.69) is 39.4 Å². The van der Waals surface area contributed by atoms with E-state index in [4.69, 9.17) is 5.73 Å². The lowest BCUT2D eigenvalue weighted by Crippen LogP contribution is -2.12. The number of nitrogens with zero attached hydrogens (tertiary/aromatic N) is 3. The first kappa shape index (κ1) is 12.0. The molecule has 94 valence electrons. The minimum atomic E-state index is 0.673. The van der Waals surface area contributed by atoms with Gasteiger partial charge in [-0.3, -0.25) is 0 Å². The van der Waals surface area contributed by atoms with Gasteiger partial charge in [0.25, 0.3) is 0 Å². The molecule has 4 nitrogen and oxygen atoms in total. The molecule has 0 atom stereocenters. The number of fused-ring (bicyclic) bond motifs is 1. The lowest BCUT2D eigenvalue weighted by Gasteiger charge is -2.14. The maximum absolute atomic E-state index is 5.49. The summed E-state index contributed by atoms with van der Waals surface area (Å²) in [5, 5.41) is 9.47. The topological polar surface area (TPSA) is 55.0 Å². The Labute approximate surface area is 114 Å². The Morgan fingerprint density at radius 3 is 3.11 bits per heavy atom. The van der Waals surface area contributed by atoms with Gasteiger partial charge in [-0.1, -0.05) is 41.3 Å². The quantitative estimate of drug-likeness (QED) is 0.870. The Bertz CT molecular complexity index is 540. The summed E-state index contributed by atoms with van der Waals surface area (Å²) in [4.78, 5) is 2.25. The van der Waals surface area contributed by atoms with Crippen molar-refractivity contribution in [1.29, 1.82) is 0 Å². The zero-order valence-electron chi connectivity index (χ0n) is 9.87. The molecule has 0 saturated carbocycles. The Balaban J connectivity index is 1.82. The smallest absolute Gasteiger partial charge is 0.213 e. The fourth-order valence-corrected chi connectivity index (χ4v) is 3.77. The number of anilines is 2. The van der Waals surface area contributed by atoms with Gasteiger partial charge in [-0.05, 0) is 18.1 Å². The van der Waals surface area contributed by atoms with E-state index in [0.29, 0.717) is 6.54 Å². The first-order chi connectivity index (χ1) is 8.88. The van der Waals surface area contributed by atoms with E-state index in [0.717, 1.165) is 28.2 Å². The van der Waals surface area contributed by atoms with Crippen LogP contribution in [0.1, 0.15) is 5.56 Å². The molecule has 0 fully saturated rings. The predicted molar refractivity (Wildman–Crippen MR) is 76.8 cm³/mol. The van der Waals surface area contributed by atoms with Crippen molar-refractivity contribution in [3.05, 3.63) is 29.8 Å². The zero-order chi connectivity index (χ0) is 12.4. The van der Waals surface area contributed by atoms with Gasteiger partial charge in [0.2, 0.25) is 5.13 Å². The SMILES string of the molecule is NCCSc1nnc(N2CCc3ccccc32)s1. The van der Waals surface area contributed by atoms with Crippen molar-refractivity contribution in [2.24, 2.45) is 5.73 Å². The van der Waals surface area contributed by atoms with Gasteiger partial charge in [0.1, 0.15) is 0 Å². The van der Waals surface area contributed by atoms with Gasteiger partial charge >= 0.3 is 0 Å². The van der Waals surface area contributed by atoms with Crippen LogP contribution in [0.4, 0.5) is 10.8 Å². The van der Waals surface area contributed by atoms with Crippen LogP contribution in [0.5, 0.6) is 0 Å². The maximum Gasteiger partial charge on any atom is 0.213 e. The van der Waals surface area contributed by atoms with E-state index in [1.807, 2.05) is 0 Å². The minimum absolute atomic E-state index is 0.673. The molecule has 0 radical (unpaired) electrons. The lowest BCUT2D eigenvalue weighted by molar-refractivity contribution is 0.942. The molecule has 0 spiro atoms. The zero-order valence-corrected chi connectivity index (χ0v) is 11.5. The summed E-state index contributed by atoms with van der Waals surface area (Å²) in [6.07, 6.45) is 1.08. The molecular formula is C12H14N4S2. The second kappa shape index (κ2) is 5.26. The van der Waals surface area contributed by atoms with Gasteiger partial charge in [0, 0.05) is 24.5 Å². The number of hydrogen-bond acceptors (Lipinski definition) is 6. The first-order valence-corrected chi connectivity index (χ1v) is 7.70. The second-order valence-electron chi connectivity index (χ2n) is 4.02. The van der Waals surface area contributed by atoms with Gasteiger partial charge < -0.3 is 10.6 Å². The summed E-state index contributed by atoms with van der Waals surface area (Å²) in [5.41, 5.74) is 8.15. The van der Waals surface area contributed by atoms with Gasteiger partial charge in [0.05, 0.1) is 0 Å². The van der Waals surface area contributed by atoms with Crippen LogP contribution in [0.15, 0.2) is 28.6 Å². The molecule has 0 unspecified atom stereocenters. The second-order valence-corrected chi connectivity index (χ2v) is 6.32. The van der Waals surface area contributed by atoms with Crippen molar-refractivity contribution in [3.8, 4) is 0 Å². The van der Waals surface area contributed by atoms with E-state index < -0.39 is 0 Å². The average molecular weight is 278 g/mol. The highest BCUT2D eigenvalue weighted by molar-refractivity contribution is 8.01. The van der Waals surface area contributed by atoms with Gasteiger partial charge in [0.15, 0.2) is 4.34 Å². The Kier molecular flexibility index (Phi) is 3.49. The maximum atomic E-state index is 5.49. The highest BCUT2D eigenvalue weighted by Gasteiger charge is 2.22. The predicted octanol–water partition coefficient (Wildman–Crippen LogP) is 2.28. The van der Waals surface area contributed by atoms with Crippen molar-refractivity contribution < 1.29 is 0 Å². The normalized spacial score (nSPS) is 13.9. The van der Waals surface area contributed by atoms with Gasteiger partial charge in [-0.25, -0.2) is 0 Å². The van der Waals surface area contributed by atoms with Crippen molar-refractivity contribution in [2.45, 2.75) is 10.8 Å². The monoisotopic (exact) mass is 278 g/mol. The number of rotatable bonds is 4. The largest absolute Gasteiger partial charge is 0.330 e. The van der Waals surface area contributed by atoms with Crippen molar-refractivity contribution in [3.63, 3.8) is 0 Å². The van der Waals surface area contributed by atoms with Crippen LogP contribution in [0, 0.1) is 0 Å². The molecule has 3 rings (SSSR count). The van der Waals surface area contributed by atoms with Crippen LogP contribution < -0.4 is 10.6 Å². The van der Waals surface area contributed by atoms with Crippen molar-refractivity contribution in [2.75, 3.05) is 23.7 Å². The molecule has 6 heteroatoms. The van der Waals surface area contributed by atoms with Crippen LogP contribution in [0.25, 0.3) is 0 Å². The molecule has 2 N–H and O–H groups in total. The average Bonchev–Trinajstić information content (AvgIpc) is 3.02. The van der Waals surface area contributed by atoms with Crippen LogP contribution in [-0.2, 0) is 6.42 Å². The Morgan fingerprint density at radius 1 is 1.33 bits per heavy atom. The number of aromatic nitrogens is 2. The van der Waals surface area contributed by atoms with Crippen LogP contribution in [0.2, 0.25) is 0 Å². The molecular weight excluding hydrogens is 264 g/mol. The summed E-state index contributed by atoms with van der Waals surface area (Å²) in [6, 6.07) is 8.49. The van der Waals surface area contributed by atoms with Gasteiger partial charge in [-0.2, -0.15) is 0 Å². The highest BCUT2D eigenvalue weighted by Crippen LogP contribution is 2.37. The molecule has 1 aliphatic rings. The number of para-hydroxylation sites is 1. The van der Waals surface area contributed by atoms with Gasteiger partial charge in [-0.15, -0.1) is 10.2 Å². The van der Waals surface area contributed by atoms with Crippen LogP contribution in [0.3, 0.4) is 0 Å². The minimum Gasteiger partial charge on any atom is -0.330 e. The standard InChI is InChI=1S/C12H14N4S2/c13-6-8-17-12-15-14-11(18-12)16-7-5-9-3-1-2-4-10(9)16/h1-4H,5-8,13H2. The third-order valence-corrected chi connectivity index (χ3v) is 4.97. The van der Waals surface area contributed by atoms with E-state index in [1.165, 1.54) is 11.3 Å². The summed E-state index contributed by atoms with van der Waals surface area (Å²) < 4.78 is 1.000. The number of benzene rings is 1. The fourth-order valence-electron chi connectivity index (χ4n) is 2.05. The van der Waals surface area contributed by atoms with Crippen LogP contribution in [-0.4, -0.2) is 29.0 Å². The Morgan fingerprint density at radius 2 is 2.22 bits per heavy atom. The van der Waals surface area contributed by atoms with E-state index in [-0.39, 0.29) is 0 Å².